The number of halogens is 4. The molecule has 2 aromatic carbocycles. The fourth-order valence-electron chi connectivity index (χ4n) is 3.54. The number of aliphatic imine (C=N–C) groups is 1. The number of hydrogen-bond donors (Lipinski definition) is 2. The Morgan fingerprint density at radius 1 is 1.06 bits per heavy atom. The molecule has 2 aromatic rings. The first-order valence-corrected chi connectivity index (χ1v) is 10.0. The van der Waals surface area contributed by atoms with E-state index >= 15 is 0 Å². The van der Waals surface area contributed by atoms with Gasteiger partial charge < -0.3 is 25.3 Å². The molecule has 0 unspecified atom stereocenters. The first-order valence-electron chi connectivity index (χ1n) is 10.0. The first kappa shape index (κ1) is 26.0. The Balaban J connectivity index is 0.00000363. The lowest BCUT2D eigenvalue weighted by Crippen LogP contribution is -2.38. The van der Waals surface area contributed by atoms with Gasteiger partial charge in [0.05, 0.1) is 13.2 Å². The van der Waals surface area contributed by atoms with Gasteiger partial charge in [0.15, 0.2) is 5.96 Å². The first-order chi connectivity index (χ1) is 14.8. The van der Waals surface area contributed by atoms with E-state index in [1.807, 2.05) is 19.1 Å². The van der Waals surface area contributed by atoms with Gasteiger partial charge in [-0.15, -0.1) is 37.1 Å². The standard InChI is InChI=1S/C22H26F3N3O3.HI/c1-2-30-18-7-3-16(4-8-18)21(11-13-29-14-12-21)15-27-20(26)28-17-5-9-19(10-6-17)31-22(23,24)25;/h3-10H,2,11-15H2,1H3,(H3,26,27,28);1H. The van der Waals surface area contributed by atoms with Crippen molar-refractivity contribution in [2.75, 3.05) is 31.7 Å². The van der Waals surface area contributed by atoms with Crippen molar-refractivity contribution in [2.24, 2.45) is 10.7 Å². The summed E-state index contributed by atoms with van der Waals surface area (Å²) in [5.74, 6) is 0.697. The maximum Gasteiger partial charge on any atom is 0.573 e. The highest BCUT2D eigenvalue weighted by Gasteiger charge is 2.34. The summed E-state index contributed by atoms with van der Waals surface area (Å²) in [6.07, 6.45) is -3.11. The summed E-state index contributed by atoms with van der Waals surface area (Å²) in [5.41, 5.74) is 7.49. The second kappa shape index (κ2) is 11.6. The molecule has 10 heteroatoms. The summed E-state index contributed by atoms with van der Waals surface area (Å²) in [5, 5.41) is 2.91. The van der Waals surface area contributed by atoms with Crippen molar-refractivity contribution in [1.29, 1.82) is 0 Å². The predicted octanol–water partition coefficient (Wildman–Crippen LogP) is 5.08. The van der Waals surface area contributed by atoms with Crippen LogP contribution < -0.4 is 20.5 Å². The molecule has 1 fully saturated rings. The van der Waals surface area contributed by atoms with Gasteiger partial charge in [0, 0.05) is 24.3 Å². The SMILES string of the molecule is CCOc1ccc(C2(CN=C(N)Nc3ccc(OC(F)(F)F)cc3)CCOCC2)cc1.I. The molecule has 176 valence electrons. The average molecular weight is 565 g/mol. The van der Waals surface area contributed by atoms with Gasteiger partial charge in [-0.3, -0.25) is 4.99 Å². The van der Waals surface area contributed by atoms with Gasteiger partial charge in [0.2, 0.25) is 0 Å². The number of guanidine groups is 1. The summed E-state index contributed by atoms with van der Waals surface area (Å²) in [4.78, 5) is 4.52. The number of nitrogens with zero attached hydrogens (tertiary/aromatic N) is 1. The highest BCUT2D eigenvalue weighted by Crippen LogP contribution is 2.36. The molecule has 3 rings (SSSR count). The normalized spacial score (nSPS) is 16.1. The number of nitrogens with two attached hydrogens (primary N) is 1. The van der Waals surface area contributed by atoms with Crippen LogP contribution in [0.2, 0.25) is 0 Å². The summed E-state index contributed by atoms with van der Waals surface area (Å²) in [7, 11) is 0. The number of rotatable bonds is 7. The molecule has 0 aromatic heterocycles. The third-order valence-electron chi connectivity index (χ3n) is 5.14. The van der Waals surface area contributed by atoms with Crippen molar-refractivity contribution in [3.8, 4) is 11.5 Å². The smallest absolute Gasteiger partial charge is 0.494 e. The van der Waals surface area contributed by atoms with Gasteiger partial charge in [-0.1, -0.05) is 12.1 Å². The van der Waals surface area contributed by atoms with Crippen LogP contribution >= 0.6 is 24.0 Å². The second-order valence-corrected chi connectivity index (χ2v) is 7.25. The van der Waals surface area contributed by atoms with E-state index in [1.165, 1.54) is 24.3 Å². The molecule has 0 radical (unpaired) electrons. The van der Waals surface area contributed by atoms with Crippen LogP contribution in [-0.4, -0.2) is 38.7 Å². The molecule has 0 spiro atoms. The largest absolute Gasteiger partial charge is 0.573 e. The van der Waals surface area contributed by atoms with E-state index in [0.717, 1.165) is 24.2 Å². The number of benzene rings is 2. The number of alkyl halides is 3. The molecule has 0 aliphatic carbocycles. The third-order valence-corrected chi connectivity index (χ3v) is 5.14. The second-order valence-electron chi connectivity index (χ2n) is 7.25. The maximum absolute atomic E-state index is 12.3. The van der Waals surface area contributed by atoms with Crippen LogP contribution in [0.1, 0.15) is 25.3 Å². The van der Waals surface area contributed by atoms with Crippen molar-refractivity contribution < 1.29 is 27.4 Å². The van der Waals surface area contributed by atoms with E-state index in [1.54, 1.807) is 0 Å². The minimum absolute atomic E-state index is 0. The number of anilines is 1. The molecule has 0 bridgehead atoms. The zero-order valence-electron chi connectivity index (χ0n) is 17.7. The molecule has 1 aliphatic heterocycles. The summed E-state index contributed by atoms with van der Waals surface area (Å²) in [6.45, 7) is 4.27. The molecule has 3 N–H and O–H groups in total. The quantitative estimate of drug-likeness (QED) is 0.279. The van der Waals surface area contributed by atoms with Crippen LogP contribution in [0.15, 0.2) is 53.5 Å². The number of hydrogen-bond acceptors (Lipinski definition) is 4. The summed E-state index contributed by atoms with van der Waals surface area (Å²) in [6, 6.07) is 13.3. The summed E-state index contributed by atoms with van der Waals surface area (Å²) >= 11 is 0. The van der Waals surface area contributed by atoms with Gasteiger partial charge in [0.1, 0.15) is 11.5 Å². The van der Waals surface area contributed by atoms with Gasteiger partial charge in [-0.2, -0.15) is 0 Å². The van der Waals surface area contributed by atoms with Gasteiger partial charge in [-0.25, -0.2) is 0 Å². The Bertz CT molecular complexity index is 869. The van der Waals surface area contributed by atoms with Crippen molar-refractivity contribution in [3.63, 3.8) is 0 Å². The monoisotopic (exact) mass is 565 g/mol. The maximum atomic E-state index is 12.3. The zero-order chi connectivity index (χ0) is 22.3. The van der Waals surface area contributed by atoms with Gasteiger partial charge in [-0.05, 0) is 61.7 Å². The van der Waals surface area contributed by atoms with Gasteiger partial charge in [0.25, 0.3) is 0 Å². The lowest BCUT2D eigenvalue weighted by Gasteiger charge is -2.36. The molecule has 0 amide bonds. The fourth-order valence-corrected chi connectivity index (χ4v) is 3.54. The minimum atomic E-state index is -4.73. The van der Waals surface area contributed by atoms with Crippen molar-refractivity contribution in [3.05, 3.63) is 54.1 Å². The van der Waals surface area contributed by atoms with Gasteiger partial charge >= 0.3 is 6.36 Å². The highest BCUT2D eigenvalue weighted by molar-refractivity contribution is 14.0. The Hall–Kier alpha value is -2.21. The van der Waals surface area contributed by atoms with Crippen molar-refractivity contribution in [2.45, 2.75) is 31.5 Å². The van der Waals surface area contributed by atoms with E-state index in [4.69, 9.17) is 15.2 Å². The van der Waals surface area contributed by atoms with Crippen molar-refractivity contribution in [1.82, 2.24) is 0 Å². The molecular weight excluding hydrogens is 538 g/mol. The van der Waals surface area contributed by atoms with Crippen LogP contribution in [0, 0.1) is 0 Å². The topological polar surface area (TPSA) is 78.1 Å². The third kappa shape index (κ3) is 7.44. The Morgan fingerprint density at radius 2 is 1.66 bits per heavy atom. The van der Waals surface area contributed by atoms with Crippen LogP contribution in [0.5, 0.6) is 11.5 Å². The van der Waals surface area contributed by atoms with Crippen molar-refractivity contribution >= 4 is 35.6 Å². The van der Waals surface area contributed by atoms with Crippen LogP contribution in [0.25, 0.3) is 0 Å². The molecular formula is C22H27F3IN3O3. The summed E-state index contributed by atoms with van der Waals surface area (Å²) < 4.78 is 51.8. The van der Waals surface area contributed by atoms with E-state index < -0.39 is 6.36 Å². The molecule has 1 saturated heterocycles. The molecule has 1 heterocycles. The molecule has 0 atom stereocenters. The lowest BCUT2D eigenvalue weighted by atomic mass is 9.74. The van der Waals surface area contributed by atoms with E-state index in [9.17, 15) is 13.2 Å². The Kier molecular flexibility index (Phi) is 9.44. The van der Waals surface area contributed by atoms with E-state index in [2.05, 4.69) is 27.2 Å². The molecule has 6 nitrogen and oxygen atoms in total. The van der Waals surface area contributed by atoms with E-state index in [-0.39, 0.29) is 41.1 Å². The Morgan fingerprint density at radius 3 is 2.22 bits per heavy atom. The molecule has 1 aliphatic rings. The highest BCUT2D eigenvalue weighted by atomic mass is 127. The van der Waals surface area contributed by atoms with Crippen LogP contribution in [0.4, 0.5) is 18.9 Å². The zero-order valence-corrected chi connectivity index (χ0v) is 20.0. The Labute approximate surface area is 202 Å². The number of ether oxygens (including phenoxy) is 3. The lowest BCUT2D eigenvalue weighted by molar-refractivity contribution is -0.274. The molecule has 0 saturated carbocycles. The van der Waals surface area contributed by atoms with Crippen LogP contribution in [-0.2, 0) is 10.2 Å². The average Bonchev–Trinajstić information content (AvgIpc) is 2.74. The fraction of sp³-hybridized carbons (Fsp3) is 0.409. The van der Waals surface area contributed by atoms with Crippen LogP contribution in [0.3, 0.4) is 0 Å². The van der Waals surface area contributed by atoms with E-state index in [0.29, 0.717) is 32.1 Å². The number of nitrogens with one attached hydrogen (secondary N) is 1. The molecule has 32 heavy (non-hydrogen) atoms. The predicted molar refractivity (Wildman–Crippen MR) is 128 cm³/mol. The minimum Gasteiger partial charge on any atom is -0.494 e.